The topological polar surface area (TPSA) is 52.5 Å². The fourth-order valence-corrected chi connectivity index (χ4v) is 2.48. The average Bonchev–Trinajstić information content (AvgIpc) is 2.37. The lowest BCUT2D eigenvalue weighted by Gasteiger charge is -2.21. The molecule has 0 fully saturated rings. The number of hydrogen-bond donors (Lipinski definition) is 3. The lowest BCUT2D eigenvalue weighted by atomic mass is 9.89. The van der Waals surface area contributed by atoms with Gasteiger partial charge in [0.1, 0.15) is 6.10 Å². The number of nitrogens with one attached hydrogen (secondary N) is 1. The van der Waals surface area contributed by atoms with Crippen molar-refractivity contribution in [3.63, 3.8) is 0 Å². The number of aryl methyl sites for hydroxylation is 2. The summed E-state index contributed by atoms with van der Waals surface area (Å²) in [6, 6.07) is 6.09. The lowest BCUT2D eigenvalue weighted by molar-refractivity contribution is 0.0202. The molecular formula is C14H21NO2. The Morgan fingerprint density at radius 2 is 1.88 bits per heavy atom. The molecule has 0 heterocycles. The van der Waals surface area contributed by atoms with E-state index >= 15 is 0 Å². The van der Waals surface area contributed by atoms with Crippen molar-refractivity contribution in [3.05, 3.63) is 34.9 Å². The molecule has 1 aliphatic rings. The maximum atomic E-state index is 10.0. The fourth-order valence-electron chi connectivity index (χ4n) is 2.48. The van der Waals surface area contributed by atoms with Gasteiger partial charge in [-0.05, 0) is 49.4 Å². The van der Waals surface area contributed by atoms with Gasteiger partial charge in [0, 0.05) is 6.54 Å². The van der Waals surface area contributed by atoms with Crippen LogP contribution in [0.15, 0.2) is 18.2 Å². The second kappa shape index (κ2) is 5.63. The monoisotopic (exact) mass is 235 g/mol. The third-order valence-electron chi connectivity index (χ3n) is 3.49. The van der Waals surface area contributed by atoms with Gasteiger partial charge in [-0.3, -0.25) is 0 Å². The number of fused-ring (bicyclic) bond motifs is 1. The summed E-state index contributed by atoms with van der Waals surface area (Å²) in [5, 5.41) is 22.7. The molecule has 0 radical (unpaired) electrons. The van der Waals surface area contributed by atoms with Crippen molar-refractivity contribution in [1.29, 1.82) is 0 Å². The molecule has 2 unspecified atom stereocenters. The molecule has 2 atom stereocenters. The number of likely N-dealkylation sites (N-methyl/N-ethyl adjacent to an activating group) is 1. The highest BCUT2D eigenvalue weighted by Crippen LogP contribution is 2.25. The van der Waals surface area contributed by atoms with E-state index in [2.05, 4.69) is 17.4 Å². The highest BCUT2D eigenvalue weighted by atomic mass is 16.3. The fraction of sp³-hybridized carbons (Fsp3) is 0.571. The summed E-state index contributed by atoms with van der Waals surface area (Å²) in [6.45, 7) is 0.401. The second-order valence-corrected chi connectivity index (χ2v) is 4.81. The molecule has 0 bridgehead atoms. The van der Waals surface area contributed by atoms with Gasteiger partial charge in [0.25, 0.3) is 0 Å². The van der Waals surface area contributed by atoms with Crippen molar-refractivity contribution in [3.8, 4) is 0 Å². The van der Waals surface area contributed by atoms with Gasteiger partial charge in [-0.25, -0.2) is 0 Å². The van der Waals surface area contributed by atoms with Gasteiger partial charge in [0.05, 0.1) is 6.10 Å². The summed E-state index contributed by atoms with van der Waals surface area (Å²) in [5.41, 5.74) is 3.56. The average molecular weight is 235 g/mol. The van der Waals surface area contributed by atoms with E-state index in [4.69, 9.17) is 0 Å². The van der Waals surface area contributed by atoms with E-state index in [1.54, 1.807) is 7.05 Å². The van der Waals surface area contributed by atoms with Crippen LogP contribution in [-0.2, 0) is 12.8 Å². The Kier molecular flexibility index (Phi) is 4.15. The SMILES string of the molecule is CNCC(O)C(O)c1ccc2c(c1)CCCC2. The largest absolute Gasteiger partial charge is 0.389 e. The van der Waals surface area contributed by atoms with Crippen molar-refractivity contribution >= 4 is 0 Å². The first-order chi connectivity index (χ1) is 8.22. The van der Waals surface area contributed by atoms with Crippen molar-refractivity contribution in [2.45, 2.75) is 37.9 Å². The zero-order valence-electron chi connectivity index (χ0n) is 10.3. The minimum atomic E-state index is -0.797. The van der Waals surface area contributed by atoms with Gasteiger partial charge in [-0.15, -0.1) is 0 Å². The summed E-state index contributed by atoms with van der Waals surface area (Å²) in [7, 11) is 1.77. The van der Waals surface area contributed by atoms with Crippen LogP contribution in [0.5, 0.6) is 0 Å². The second-order valence-electron chi connectivity index (χ2n) is 4.81. The highest BCUT2D eigenvalue weighted by molar-refractivity contribution is 5.35. The molecule has 1 aromatic rings. The number of aliphatic hydroxyl groups is 2. The molecule has 0 spiro atoms. The van der Waals surface area contributed by atoms with Crippen LogP contribution in [0.2, 0.25) is 0 Å². The quantitative estimate of drug-likeness (QED) is 0.734. The Bertz CT molecular complexity index is 378. The predicted octanol–water partition coefficient (Wildman–Crippen LogP) is 1.18. The van der Waals surface area contributed by atoms with E-state index in [1.807, 2.05) is 6.07 Å². The van der Waals surface area contributed by atoms with Crippen LogP contribution >= 0.6 is 0 Å². The van der Waals surface area contributed by atoms with E-state index in [-0.39, 0.29) is 0 Å². The van der Waals surface area contributed by atoms with Crippen molar-refractivity contribution < 1.29 is 10.2 Å². The van der Waals surface area contributed by atoms with Crippen LogP contribution in [0.4, 0.5) is 0 Å². The molecule has 0 saturated heterocycles. The zero-order valence-corrected chi connectivity index (χ0v) is 10.3. The first kappa shape index (κ1) is 12.6. The van der Waals surface area contributed by atoms with E-state index in [9.17, 15) is 10.2 Å². The molecule has 2 rings (SSSR count). The number of benzene rings is 1. The van der Waals surface area contributed by atoms with E-state index in [0.717, 1.165) is 18.4 Å². The molecule has 3 heteroatoms. The smallest absolute Gasteiger partial charge is 0.106 e. The Hall–Kier alpha value is -0.900. The minimum Gasteiger partial charge on any atom is -0.389 e. The Balaban J connectivity index is 2.15. The van der Waals surface area contributed by atoms with E-state index < -0.39 is 12.2 Å². The van der Waals surface area contributed by atoms with E-state index in [0.29, 0.717) is 6.54 Å². The first-order valence-electron chi connectivity index (χ1n) is 6.35. The van der Waals surface area contributed by atoms with Gasteiger partial charge in [0.15, 0.2) is 0 Å². The van der Waals surface area contributed by atoms with Crippen molar-refractivity contribution in [1.82, 2.24) is 5.32 Å². The molecule has 17 heavy (non-hydrogen) atoms. The lowest BCUT2D eigenvalue weighted by Crippen LogP contribution is -2.29. The van der Waals surface area contributed by atoms with Crippen molar-refractivity contribution in [2.75, 3.05) is 13.6 Å². The number of aliphatic hydroxyl groups excluding tert-OH is 2. The third kappa shape index (κ3) is 2.86. The van der Waals surface area contributed by atoms with Crippen molar-refractivity contribution in [2.24, 2.45) is 0 Å². The van der Waals surface area contributed by atoms with Crippen LogP contribution in [0.25, 0.3) is 0 Å². The molecule has 0 aromatic heterocycles. The Morgan fingerprint density at radius 3 is 2.59 bits per heavy atom. The Labute approximate surface area is 102 Å². The molecule has 3 N–H and O–H groups in total. The molecule has 0 amide bonds. The Morgan fingerprint density at radius 1 is 1.18 bits per heavy atom. The molecule has 3 nitrogen and oxygen atoms in total. The van der Waals surface area contributed by atoms with Crippen LogP contribution in [0.3, 0.4) is 0 Å². The van der Waals surface area contributed by atoms with Crippen LogP contribution < -0.4 is 5.32 Å². The molecule has 1 aliphatic carbocycles. The third-order valence-corrected chi connectivity index (χ3v) is 3.49. The normalized spacial score (nSPS) is 18.5. The predicted molar refractivity (Wildman–Crippen MR) is 68.0 cm³/mol. The van der Waals surface area contributed by atoms with Crippen LogP contribution in [-0.4, -0.2) is 29.9 Å². The van der Waals surface area contributed by atoms with Crippen LogP contribution in [0.1, 0.15) is 35.6 Å². The first-order valence-corrected chi connectivity index (χ1v) is 6.35. The summed E-state index contributed by atoms with van der Waals surface area (Å²) >= 11 is 0. The maximum Gasteiger partial charge on any atom is 0.106 e. The highest BCUT2D eigenvalue weighted by Gasteiger charge is 2.19. The van der Waals surface area contributed by atoms with Crippen LogP contribution in [0, 0.1) is 0 Å². The molecular weight excluding hydrogens is 214 g/mol. The summed E-state index contributed by atoms with van der Waals surface area (Å²) in [4.78, 5) is 0. The zero-order chi connectivity index (χ0) is 12.3. The van der Waals surface area contributed by atoms with Gasteiger partial charge in [-0.1, -0.05) is 18.2 Å². The molecule has 1 aromatic carbocycles. The number of rotatable bonds is 4. The maximum absolute atomic E-state index is 10.0. The van der Waals surface area contributed by atoms with E-state index in [1.165, 1.54) is 24.0 Å². The van der Waals surface area contributed by atoms with Gasteiger partial charge in [0.2, 0.25) is 0 Å². The van der Waals surface area contributed by atoms with Gasteiger partial charge in [-0.2, -0.15) is 0 Å². The molecule has 0 saturated carbocycles. The number of hydrogen-bond acceptors (Lipinski definition) is 3. The van der Waals surface area contributed by atoms with Gasteiger partial charge < -0.3 is 15.5 Å². The minimum absolute atomic E-state index is 0.401. The van der Waals surface area contributed by atoms with Gasteiger partial charge >= 0.3 is 0 Å². The summed E-state index contributed by atoms with van der Waals surface area (Å²) in [5.74, 6) is 0. The standard InChI is InChI=1S/C14H21NO2/c1-15-9-13(16)14(17)12-7-6-10-4-2-3-5-11(10)8-12/h6-8,13-17H,2-5,9H2,1H3. The summed E-state index contributed by atoms with van der Waals surface area (Å²) < 4.78 is 0. The molecule has 94 valence electrons. The molecule has 0 aliphatic heterocycles. The summed E-state index contributed by atoms with van der Waals surface area (Å²) in [6.07, 6.45) is 3.18.